The standard InChI is InChI=1S/C8H8N2O2/c1-2-11-12-8-4-3-7(5-9)10-6-8/h3-4,6H,2H2,1H3. The van der Waals surface area contributed by atoms with Crippen molar-refractivity contribution in [3.63, 3.8) is 0 Å². The summed E-state index contributed by atoms with van der Waals surface area (Å²) in [5.41, 5.74) is 0.360. The van der Waals surface area contributed by atoms with Crippen LogP contribution in [0.15, 0.2) is 18.3 Å². The molecular weight excluding hydrogens is 156 g/mol. The van der Waals surface area contributed by atoms with Gasteiger partial charge in [0.05, 0.1) is 12.8 Å². The van der Waals surface area contributed by atoms with Crippen LogP contribution in [0.5, 0.6) is 5.75 Å². The van der Waals surface area contributed by atoms with Gasteiger partial charge in [-0.05, 0) is 19.1 Å². The topological polar surface area (TPSA) is 55.1 Å². The van der Waals surface area contributed by atoms with Gasteiger partial charge in [0.1, 0.15) is 11.8 Å². The van der Waals surface area contributed by atoms with Crippen LogP contribution in [0, 0.1) is 11.3 Å². The summed E-state index contributed by atoms with van der Waals surface area (Å²) in [5.74, 6) is 0.496. The van der Waals surface area contributed by atoms with Crippen LogP contribution < -0.4 is 4.89 Å². The Labute approximate surface area is 70.3 Å². The van der Waals surface area contributed by atoms with Crippen LogP contribution in [0.25, 0.3) is 0 Å². The lowest BCUT2D eigenvalue weighted by Gasteiger charge is -2.00. The molecule has 0 bridgehead atoms. The third kappa shape index (κ3) is 2.22. The van der Waals surface area contributed by atoms with Crippen molar-refractivity contribution >= 4 is 0 Å². The molecule has 1 aromatic rings. The lowest BCUT2D eigenvalue weighted by molar-refractivity contribution is -0.202. The normalized spacial score (nSPS) is 9.00. The van der Waals surface area contributed by atoms with E-state index in [1.54, 1.807) is 12.1 Å². The molecule has 0 radical (unpaired) electrons. The lowest BCUT2D eigenvalue weighted by atomic mass is 10.4. The molecule has 1 rings (SSSR count). The molecule has 0 fully saturated rings. The smallest absolute Gasteiger partial charge is 0.183 e. The molecule has 0 amide bonds. The average Bonchev–Trinajstić information content (AvgIpc) is 2.15. The van der Waals surface area contributed by atoms with Crippen LogP contribution in [-0.4, -0.2) is 11.6 Å². The monoisotopic (exact) mass is 164 g/mol. The van der Waals surface area contributed by atoms with Gasteiger partial charge in [-0.1, -0.05) is 0 Å². The second kappa shape index (κ2) is 4.31. The third-order valence-corrected chi connectivity index (χ3v) is 1.12. The maximum Gasteiger partial charge on any atom is 0.183 e. The van der Waals surface area contributed by atoms with Gasteiger partial charge in [-0.3, -0.25) is 0 Å². The van der Waals surface area contributed by atoms with Crippen LogP contribution in [0.1, 0.15) is 12.6 Å². The number of hydrogen-bond donors (Lipinski definition) is 0. The van der Waals surface area contributed by atoms with Crippen LogP contribution in [0.3, 0.4) is 0 Å². The molecule has 62 valence electrons. The molecule has 4 nitrogen and oxygen atoms in total. The number of nitriles is 1. The first kappa shape index (κ1) is 8.50. The highest BCUT2D eigenvalue weighted by Gasteiger charge is 1.94. The molecule has 0 aliphatic carbocycles. The Bertz CT molecular complexity index is 276. The van der Waals surface area contributed by atoms with E-state index < -0.39 is 0 Å². The zero-order chi connectivity index (χ0) is 8.81. The fourth-order valence-corrected chi connectivity index (χ4v) is 0.623. The average molecular weight is 164 g/mol. The lowest BCUT2D eigenvalue weighted by Crippen LogP contribution is -1.96. The van der Waals surface area contributed by atoms with Crippen molar-refractivity contribution in [1.29, 1.82) is 5.26 Å². The van der Waals surface area contributed by atoms with Crippen LogP contribution >= 0.6 is 0 Å². The Morgan fingerprint density at radius 2 is 2.42 bits per heavy atom. The van der Waals surface area contributed by atoms with Gasteiger partial charge in [0.2, 0.25) is 0 Å². The highest BCUT2D eigenvalue weighted by atomic mass is 17.2. The van der Waals surface area contributed by atoms with Crippen molar-refractivity contribution < 1.29 is 9.78 Å². The molecule has 0 saturated carbocycles. The Kier molecular flexibility index (Phi) is 3.05. The van der Waals surface area contributed by atoms with Crippen molar-refractivity contribution in [2.75, 3.05) is 6.61 Å². The van der Waals surface area contributed by atoms with Crippen molar-refractivity contribution in [1.82, 2.24) is 4.98 Å². The van der Waals surface area contributed by atoms with E-state index in [4.69, 9.17) is 10.1 Å². The first-order valence-electron chi connectivity index (χ1n) is 3.52. The van der Waals surface area contributed by atoms with Gasteiger partial charge < -0.3 is 4.89 Å². The van der Waals surface area contributed by atoms with Gasteiger partial charge in [0.15, 0.2) is 5.75 Å². The molecule has 0 spiro atoms. The number of nitrogens with zero attached hydrogens (tertiary/aromatic N) is 2. The minimum absolute atomic E-state index is 0.360. The van der Waals surface area contributed by atoms with E-state index in [1.165, 1.54) is 6.20 Å². The number of aromatic nitrogens is 1. The maximum atomic E-state index is 8.42. The van der Waals surface area contributed by atoms with E-state index >= 15 is 0 Å². The van der Waals surface area contributed by atoms with E-state index in [-0.39, 0.29) is 0 Å². The SMILES string of the molecule is CCOOc1ccc(C#N)nc1. The van der Waals surface area contributed by atoms with Crippen molar-refractivity contribution in [3.05, 3.63) is 24.0 Å². The Hall–Kier alpha value is -1.60. The van der Waals surface area contributed by atoms with Gasteiger partial charge in [-0.25, -0.2) is 4.98 Å². The molecule has 0 saturated heterocycles. The molecule has 12 heavy (non-hydrogen) atoms. The zero-order valence-corrected chi connectivity index (χ0v) is 6.65. The molecule has 0 unspecified atom stereocenters. The third-order valence-electron chi connectivity index (χ3n) is 1.12. The fourth-order valence-electron chi connectivity index (χ4n) is 0.623. The van der Waals surface area contributed by atoms with E-state index in [0.29, 0.717) is 18.1 Å². The maximum absolute atomic E-state index is 8.42. The predicted octanol–water partition coefficient (Wildman–Crippen LogP) is 1.28. The van der Waals surface area contributed by atoms with Gasteiger partial charge in [0.25, 0.3) is 0 Å². The molecule has 0 N–H and O–H groups in total. The summed E-state index contributed by atoms with van der Waals surface area (Å²) in [4.78, 5) is 13.2. The highest BCUT2D eigenvalue weighted by Crippen LogP contribution is 2.08. The first-order valence-corrected chi connectivity index (χ1v) is 3.52. The summed E-state index contributed by atoms with van der Waals surface area (Å²) in [7, 11) is 0. The molecule has 0 aliphatic heterocycles. The van der Waals surface area contributed by atoms with Gasteiger partial charge >= 0.3 is 0 Å². The summed E-state index contributed by atoms with van der Waals surface area (Å²) < 4.78 is 0. The van der Waals surface area contributed by atoms with Gasteiger partial charge in [-0.2, -0.15) is 10.1 Å². The minimum atomic E-state index is 0.360. The summed E-state index contributed by atoms with van der Waals surface area (Å²) >= 11 is 0. The Morgan fingerprint density at radius 1 is 1.58 bits per heavy atom. The highest BCUT2D eigenvalue weighted by molar-refractivity contribution is 5.26. The molecular formula is C8H8N2O2. The van der Waals surface area contributed by atoms with Crippen LogP contribution in [-0.2, 0) is 4.89 Å². The molecule has 1 heterocycles. The summed E-state index contributed by atoms with van der Waals surface area (Å²) in [6.45, 7) is 2.29. The number of pyridine rings is 1. The second-order valence-corrected chi connectivity index (χ2v) is 1.98. The van der Waals surface area contributed by atoms with Crippen molar-refractivity contribution in [2.24, 2.45) is 0 Å². The van der Waals surface area contributed by atoms with E-state index in [1.807, 2.05) is 13.0 Å². The Morgan fingerprint density at radius 3 is 2.92 bits per heavy atom. The molecule has 0 aromatic carbocycles. The van der Waals surface area contributed by atoms with Crippen LogP contribution in [0.2, 0.25) is 0 Å². The molecule has 0 atom stereocenters. The van der Waals surface area contributed by atoms with E-state index in [2.05, 4.69) is 9.87 Å². The fraction of sp³-hybridized carbons (Fsp3) is 0.250. The van der Waals surface area contributed by atoms with Crippen LogP contribution in [0.4, 0.5) is 0 Å². The molecule has 4 heteroatoms. The number of hydrogen-bond acceptors (Lipinski definition) is 4. The van der Waals surface area contributed by atoms with Crippen molar-refractivity contribution in [3.8, 4) is 11.8 Å². The van der Waals surface area contributed by atoms with Crippen molar-refractivity contribution in [2.45, 2.75) is 6.92 Å². The predicted molar refractivity (Wildman–Crippen MR) is 41.2 cm³/mol. The second-order valence-electron chi connectivity index (χ2n) is 1.98. The summed E-state index contributed by atoms with van der Waals surface area (Å²) in [5, 5.41) is 8.42. The Balaban J connectivity index is 2.60. The molecule has 1 aromatic heterocycles. The van der Waals surface area contributed by atoms with E-state index in [9.17, 15) is 0 Å². The quantitative estimate of drug-likeness (QED) is 0.498. The zero-order valence-electron chi connectivity index (χ0n) is 6.65. The first-order chi connectivity index (χ1) is 5.86. The van der Waals surface area contributed by atoms with E-state index in [0.717, 1.165) is 0 Å². The molecule has 0 aliphatic rings. The van der Waals surface area contributed by atoms with Gasteiger partial charge in [-0.15, -0.1) is 0 Å². The largest absolute Gasteiger partial charge is 0.336 e. The van der Waals surface area contributed by atoms with Gasteiger partial charge in [0, 0.05) is 0 Å². The summed E-state index contributed by atoms with van der Waals surface area (Å²) in [6, 6.07) is 5.09. The summed E-state index contributed by atoms with van der Waals surface area (Å²) in [6.07, 6.45) is 1.44. The number of rotatable bonds is 3. The minimum Gasteiger partial charge on any atom is -0.336 e.